The van der Waals surface area contributed by atoms with Gasteiger partial charge in [-0.25, -0.2) is 0 Å². The summed E-state index contributed by atoms with van der Waals surface area (Å²) in [4.78, 5) is 0. The van der Waals surface area contributed by atoms with Crippen LogP contribution in [0.25, 0.3) is 0 Å². The summed E-state index contributed by atoms with van der Waals surface area (Å²) >= 11 is 0. The van der Waals surface area contributed by atoms with Crippen molar-refractivity contribution in [1.82, 2.24) is 0 Å². The third kappa shape index (κ3) is 10.8. The van der Waals surface area contributed by atoms with Crippen molar-refractivity contribution in [2.75, 3.05) is 33.0 Å². The molecule has 0 aromatic heterocycles. The predicted molar refractivity (Wildman–Crippen MR) is 38.0 cm³/mol. The number of aliphatic hydroxyl groups is 1. The van der Waals surface area contributed by atoms with E-state index in [1.807, 2.05) is 0 Å². The topological polar surface area (TPSA) is 70.2 Å². The second-order valence-corrected chi connectivity index (χ2v) is 1.54. The molecule has 0 aromatic rings. The van der Waals surface area contributed by atoms with Gasteiger partial charge in [-0.05, 0) is 6.92 Å². The van der Waals surface area contributed by atoms with Gasteiger partial charge in [0.2, 0.25) is 0 Å². The molecule has 1 rings (SSSR count). The Labute approximate surface area is 61.1 Å². The van der Waals surface area contributed by atoms with Gasteiger partial charge in [0, 0.05) is 6.61 Å². The van der Waals surface area contributed by atoms with Crippen LogP contribution in [0.15, 0.2) is 0 Å². The van der Waals surface area contributed by atoms with Gasteiger partial charge in [-0.1, -0.05) is 0 Å². The molecular weight excluding hydrogens is 136 g/mol. The molecule has 1 saturated heterocycles. The minimum Gasteiger partial charge on any atom is -0.412 e. The van der Waals surface area contributed by atoms with Crippen LogP contribution in [0.4, 0.5) is 0 Å². The standard InChI is InChI=1S/C4H8O2.C2H6O.H2O/c1-2-6-4-3-5-1;1-2-3;/h1-4H2;3H,2H2,1H3;1H2. The fourth-order valence-electron chi connectivity index (χ4n) is 0.440. The van der Waals surface area contributed by atoms with Crippen LogP contribution in [-0.4, -0.2) is 43.6 Å². The lowest BCUT2D eigenvalue weighted by Crippen LogP contribution is -2.16. The van der Waals surface area contributed by atoms with Crippen LogP contribution in [0, 0.1) is 0 Å². The van der Waals surface area contributed by atoms with Gasteiger partial charge in [-0.2, -0.15) is 0 Å². The minimum atomic E-state index is 0. The molecule has 0 radical (unpaired) electrons. The molecule has 64 valence electrons. The Morgan fingerprint density at radius 1 is 1.10 bits per heavy atom. The van der Waals surface area contributed by atoms with Crippen LogP contribution in [0.2, 0.25) is 0 Å². The van der Waals surface area contributed by atoms with Crippen molar-refractivity contribution in [1.29, 1.82) is 0 Å². The zero-order chi connectivity index (χ0) is 6.95. The lowest BCUT2D eigenvalue weighted by molar-refractivity contribution is -0.0334. The molecule has 1 aliphatic heterocycles. The Morgan fingerprint density at radius 2 is 1.30 bits per heavy atom. The van der Waals surface area contributed by atoms with E-state index in [4.69, 9.17) is 14.6 Å². The SMILES string of the molecule is C1COCCO1.CCO.O. The summed E-state index contributed by atoms with van der Waals surface area (Å²) in [6, 6.07) is 0. The first-order chi connectivity index (χ1) is 4.41. The maximum atomic E-state index is 7.57. The molecule has 0 aromatic carbocycles. The lowest BCUT2D eigenvalue weighted by atomic mass is 10.6. The summed E-state index contributed by atoms with van der Waals surface area (Å²) in [5, 5.41) is 7.57. The fourth-order valence-corrected chi connectivity index (χ4v) is 0.440. The molecule has 0 aliphatic carbocycles. The molecule has 0 saturated carbocycles. The van der Waals surface area contributed by atoms with E-state index in [1.165, 1.54) is 0 Å². The summed E-state index contributed by atoms with van der Waals surface area (Å²) in [6.07, 6.45) is 0. The molecule has 0 unspecified atom stereocenters. The van der Waals surface area contributed by atoms with E-state index < -0.39 is 0 Å². The van der Waals surface area contributed by atoms with E-state index >= 15 is 0 Å². The van der Waals surface area contributed by atoms with Crippen molar-refractivity contribution in [3.8, 4) is 0 Å². The first kappa shape index (κ1) is 12.5. The van der Waals surface area contributed by atoms with Gasteiger partial charge in [0.1, 0.15) is 0 Å². The predicted octanol–water partition coefficient (Wildman–Crippen LogP) is -0.793. The van der Waals surface area contributed by atoms with Crippen molar-refractivity contribution in [3.63, 3.8) is 0 Å². The largest absolute Gasteiger partial charge is 0.412 e. The smallest absolute Gasteiger partial charge is 0.0701 e. The van der Waals surface area contributed by atoms with Crippen LogP contribution < -0.4 is 0 Å². The highest BCUT2D eigenvalue weighted by Gasteiger charge is 1.94. The van der Waals surface area contributed by atoms with Gasteiger partial charge >= 0.3 is 0 Å². The first-order valence-corrected chi connectivity index (χ1v) is 3.18. The Morgan fingerprint density at radius 3 is 1.40 bits per heavy atom. The molecule has 0 amide bonds. The highest BCUT2D eigenvalue weighted by atomic mass is 16.6. The highest BCUT2D eigenvalue weighted by Crippen LogP contribution is 1.85. The van der Waals surface area contributed by atoms with Crippen LogP contribution in [0.1, 0.15) is 6.92 Å². The van der Waals surface area contributed by atoms with Crippen molar-refractivity contribution in [3.05, 3.63) is 0 Å². The van der Waals surface area contributed by atoms with Gasteiger partial charge in [-0.3, -0.25) is 0 Å². The Balaban J connectivity index is 0. The van der Waals surface area contributed by atoms with E-state index in [0.29, 0.717) is 0 Å². The van der Waals surface area contributed by atoms with Gasteiger partial charge in [-0.15, -0.1) is 0 Å². The van der Waals surface area contributed by atoms with Crippen molar-refractivity contribution >= 4 is 0 Å². The monoisotopic (exact) mass is 152 g/mol. The number of rotatable bonds is 0. The number of aliphatic hydroxyl groups excluding tert-OH is 1. The van der Waals surface area contributed by atoms with E-state index in [1.54, 1.807) is 6.92 Å². The van der Waals surface area contributed by atoms with Crippen LogP contribution >= 0.6 is 0 Å². The highest BCUT2D eigenvalue weighted by molar-refractivity contribution is 4.37. The van der Waals surface area contributed by atoms with E-state index in [0.717, 1.165) is 26.4 Å². The first-order valence-electron chi connectivity index (χ1n) is 3.18. The molecule has 1 aliphatic rings. The van der Waals surface area contributed by atoms with Crippen molar-refractivity contribution in [2.24, 2.45) is 0 Å². The Kier molecular flexibility index (Phi) is 14.5. The molecule has 10 heavy (non-hydrogen) atoms. The van der Waals surface area contributed by atoms with E-state index in [9.17, 15) is 0 Å². The van der Waals surface area contributed by atoms with Gasteiger partial charge in [0.05, 0.1) is 26.4 Å². The number of hydrogen-bond donors (Lipinski definition) is 1. The van der Waals surface area contributed by atoms with Crippen molar-refractivity contribution in [2.45, 2.75) is 6.92 Å². The fraction of sp³-hybridized carbons (Fsp3) is 1.00. The Bertz CT molecular complexity index is 33.5. The second-order valence-electron chi connectivity index (χ2n) is 1.54. The lowest BCUT2D eigenvalue weighted by Gasteiger charge is -2.09. The number of hydrogen-bond acceptors (Lipinski definition) is 3. The van der Waals surface area contributed by atoms with Crippen LogP contribution in [0.3, 0.4) is 0 Å². The average Bonchev–Trinajstić information content (AvgIpc) is 1.93. The van der Waals surface area contributed by atoms with Gasteiger partial charge in [0.15, 0.2) is 0 Å². The maximum Gasteiger partial charge on any atom is 0.0701 e. The zero-order valence-corrected chi connectivity index (χ0v) is 6.30. The van der Waals surface area contributed by atoms with Gasteiger partial charge in [0.25, 0.3) is 0 Å². The van der Waals surface area contributed by atoms with Crippen LogP contribution in [0.5, 0.6) is 0 Å². The van der Waals surface area contributed by atoms with Crippen LogP contribution in [-0.2, 0) is 9.47 Å². The van der Waals surface area contributed by atoms with E-state index in [-0.39, 0.29) is 12.1 Å². The third-order valence-electron chi connectivity index (χ3n) is 0.744. The quantitative estimate of drug-likeness (QED) is 0.494. The zero-order valence-electron chi connectivity index (χ0n) is 6.30. The molecule has 0 bridgehead atoms. The molecule has 3 N–H and O–H groups in total. The molecule has 0 spiro atoms. The normalized spacial score (nSPS) is 16.2. The third-order valence-corrected chi connectivity index (χ3v) is 0.744. The van der Waals surface area contributed by atoms with Crippen molar-refractivity contribution < 1.29 is 20.1 Å². The molecule has 0 atom stereocenters. The van der Waals surface area contributed by atoms with Gasteiger partial charge < -0.3 is 20.1 Å². The molecule has 4 nitrogen and oxygen atoms in total. The van der Waals surface area contributed by atoms with E-state index in [2.05, 4.69) is 0 Å². The summed E-state index contributed by atoms with van der Waals surface area (Å²) in [6.45, 7) is 5.04. The minimum absolute atomic E-state index is 0. The average molecular weight is 152 g/mol. The molecular formula is C6H16O4. The summed E-state index contributed by atoms with van der Waals surface area (Å²) in [5.74, 6) is 0. The second kappa shape index (κ2) is 11.6. The maximum absolute atomic E-state index is 7.57. The molecule has 1 fully saturated rings. The Hall–Kier alpha value is -0.160. The summed E-state index contributed by atoms with van der Waals surface area (Å²) < 4.78 is 9.89. The summed E-state index contributed by atoms with van der Waals surface area (Å²) in [5.41, 5.74) is 0. The molecule has 1 heterocycles. The summed E-state index contributed by atoms with van der Waals surface area (Å²) in [7, 11) is 0. The number of ether oxygens (including phenoxy) is 2. The molecule has 4 heteroatoms.